The van der Waals surface area contributed by atoms with Crippen LogP contribution in [0.15, 0.2) is 77.6 Å². The van der Waals surface area contributed by atoms with E-state index in [0.29, 0.717) is 46.9 Å². The molecule has 13 heteroatoms. The van der Waals surface area contributed by atoms with E-state index in [1.165, 1.54) is 0 Å². The maximum atomic E-state index is 13.5. The molecular weight excluding hydrogens is 691 g/mol. The molecule has 0 bridgehead atoms. The molecule has 0 unspecified atom stereocenters. The Bertz CT molecular complexity index is 1850. The van der Waals surface area contributed by atoms with Crippen LogP contribution in [-0.4, -0.2) is 71.8 Å². The summed E-state index contributed by atoms with van der Waals surface area (Å²) >= 11 is 1.59. The number of benzene rings is 3. The van der Waals surface area contributed by atoms with E-state index >= 15 is 0 Å². The van der Waals surface area contributed by atoms with E-state index < -0.39 is 0 Å². The third-order valence-corrected chi connectivity index (χ3v) is 9.90. The van der Waals surface area contributed by atoms with Gasteiger partial charge in [-0.05, 0) is 92.4 Å². The normalized spacial score (nSPS) is 14.0. The highest BCUT2D eigenvalue weighted by Crippen LogP contribution is 2.33. The standard InChI is InChI=1S/C40H47N7O5S/c41-31(21-33-25-53-26-44-33)22-42-18-4-2-1-3-5-19-43-38(49)28-10-13-32(14-11-28)45-39(50)29-8-6-27(7-9-29)23-47(34-15-16-34)40(51)30-12-17-35-36(20-30)52-24-37(48)46-35/h6-14,17,20,25-26,31,34,42H,1-5,15-16,18-19,21-24,41H2,(H,43,49)(H,45,50)(H,46,48)/t31-/m0/s1. The molecule has 1 aliphatic carbocycles. The van der Waals surface area contributed by atoms with Crippen molar-refractivity contribution in [3.63, 3.8) is 0 Å². The van der Waals surface area contributed by atoms with Crippen molar-refractivity contribution in [3.05, 3.63) is 106 Å². The molecule has 278 valence electrons. The van der Waals surface area contributed by atoms with Crippen LogP contribution >= 0.6 is 11.3 Å². The summed E-state index contributed by atoms with van der Waals surface area (Å²) in [5.74, 6) is -0.247. The summed E-state index contributed by atoms with van der Waals surface area (Å²) in [6.45, 7) is 2.69. The third kappa shape index (κ3) is 11.2. The van der Waals surface area contributed by atoms with Gasteiger partial charge in [-0.3, -0.25) is 19.2 Å². The molecule has 1 aromatic heterocycles. The number of nitrogens with two attached hydrogens (primary N) is 1. The SMILES string of the molecule is N[C@H](CNCCCCCCCNC(=O)c1ccc(NC(=O)c2ccc(CN(C(=O)c3ccc4c(c3)OCC(=O)N4)C3CC3)cc2)cc1)Cc1cscn1. The van der Waals surface area contributed by atoms with Gasteiger partial charge in [-0.25, -0.2) is 4.98 Å². The molecule has 0 saturated heterocycles. The Morgan fingerprint density at radius 2 is 1.60 bits per heavy atom. The zero-order valence-electron chi connectivity index (χ0n) is 29.8. The van der Waals surface area contributed by atoms with E-state index in [1.807, 2.05) is 27.9 Å². The summed E-state index contributed by atoms with van der Waals surface area (Å²) < 4.78 is 5.50. The number of thiazole rings is 1. The van der Waals surface area contributed by atoms with Gasteiger partial charge < -0.3 is 36.6 Å². The van der Waals surface area contributed by atoms with Crippen molar-refractivity contribution in [2.75, 3.05) is 36.9 Å². The molecule has 4 aromatic rings. The lowest BCUT2D eigenvalue weighted by atomic mass is 10.1. The third-order valence-electron chi connectivity index (χ3n) is 9.26. The lowest BCUT2D eigenvalue weighted by Crippen LogP contribution is -2.36. The summed E-state index contributed by atoms with van der Waals surface area (Å²) in [6, 6.07) is 19.4. The fraction of sp³-hybridized carbons (Fsp3) is 0.375. The van der Waals surface area contributed by atoms with E-state index in [4.69, 9.17) is 10.5 Å². The average Bonchev–Trinajstić information content (AvgIpc) is 3.89. The first kappa shape index (κ1) is 37.6. The van der Waals surface area contributed by atoms with E-state index in [0.717, 1.165) is 75.7 Å². The second-order valence-corrected chi connectivity index (χ2v) is 14.3. The Balaban J connectivity index is 0.871. The van der Waals surface area contributed by atoms with Crippen LogP contribution < -0.4 is 31.7 Å². The fourth-order valence-corrected chi connectivity index (χ4v) is 6.74. The number of fused-ring (bicyclic) bond motifs is 1. The van der Waals surface area contributed by atoms with Crippen LogP contribution in [0.4, 0.5) is 11.4 Å². The van der Waals surface area contributed by atoms with Crippen molar-refractivity contribution in [1.29, 1.82) is 0 Å². The van der Waals surface area contributed by atoms with Crippen LogP contribution in [0.3, 0.4) is 0 Å². The first-order chi connectivity index (χ1) is 25.8. The Kier molecular flexibility index (Phi) is 13.2. The summed E-state index contributed by atoms with van der Waals surface area (Å²) in [6.07, 6.45) is 8.01. The van der Waals surface area contributed by atoms with Crippen LogP contribution in [0.1, 0.15) is 87.3 Å². The topological polar surface area (TPSA) is 168 Å². The molecule has 1 atom stereocenters. The first-order valence-corrected chi connectivity index (χ1v) is 19.3. The van der Waals surface area contributed by atoms with Crippen molar-refractivity contribution in [2.24, 2.45) is 5.73 Å². The van der Waals surface area contributed by atoms with Crippen molar-refractivity contribution < 1.29 is 23.9 Å². The van der Waals surface area contributed by atoms with E-state index in [9.17, 15) is 19.2 Å². The predicted octanol–water partition coefficient (Wildman–Crippen LogP) is 5.37. The summed E-state index contributed by atoms with van der Waals surface area (Å²) in [4.78, 5) is 56.9. The van der Waals surface area contributed by atoms with Crippen molar-refractivity contribution in [3.8, 4) is 5.75 Å². The second kappa shape index (κ2) is 18.6. The minimum absolute atomic E-state index is 0.0765. The smallest absolute Gasteiger partial charge is 0.262 e. The molecule has 2 heterocycles. The molecule has 1 aliphatic heterocycles. The van der Waals surface area contributed by atoms with Crippen molar-refractivity contribution in [2.45, 2.75) is 70.0 Å². The zero-order chi connectivity index (χ0) is 37.0. The summed E-state index contributed by atoms with van der Waals surface area (Å²) in [7, 11) is 0. The average molecular weight is 738 g/mol. The number of hydrogen-bond acceptors (Lipinski definition) is 9. The van der Waals surface area contributed by atoms with E-state index in [2.05, 4.69) is 26.3 Å². The maximum absolute atomic E-state index is 13.5. The van der Waals surface area contributed by atoms with Gasteiger partial charge in [0.1, 0.15) is 5.75 Å². The van der Waals surface area contributed by atoms with Crippen LogP contribution in [-0.2, 0) is 17.8 Å². The minimum Gasteiger partial charge on any atom is -0.482 e. The van der Waals surface area contributed by atoms with Gasteiger partial charge in [-0.1, -0.05) is 31.4 Å². The number of rotatable bonds is 19. The fourth-order valence-electron chi connectivity index (χ4n) is 6.17. The molecule has 3 aromatic carbocycles. The Labute approximate surface area is 313 Å². The monoisotopic (exact) mass is 737 g/mol. The Morgan fingerprint density at radius 3 is 2.34 bits per heavy atom. The number of carbonyl (C=O) groups excluding carboxylic acids is 4. The Hall–Kier alpha value is -5.11. The van der Waals surface area contributed by atoms with Crippen LogP contribution in [0, 0.1) is 0 Å². The molecule has 1 saturated carbocycles. The molecule has 1 fully saturated rings. The highest BCUT2D eigenvalue weighted by molar-refractivity contribution is 7.07. The van der Waals surface area contributed by atoms with Gasteiger partial charge >= 0.3 is 0 Å². The lowest BCUT2D eigenvalue weighted by molar-refractivity contribution is -0.118. The number of amides is 4. The number of carbonyl (C=O) groups is 4. The lowest BCUT2D eigenvalue weighted by Gasteiger charge is -2.24. The van der Waals surface area contributed by atoms with Gasteiger partial charge in [-0.15, -0.1) is 11.3 Å². The van der Waals surface area contributed by atoms with Crippen LogP contribution in [0.25, 0.3) is 0 Å². The van der Waals surface area contributed by atoms with Crippen molar-refractivity contribution >= 4 is 46.3 Å². The number of aromatic nitrogens is 1. The van der Waals surface area contributed by atoms with Gasteiger partial charge in [0.2, 0.25) is 0 Å². The summed E-state index contributed by atoms with van der Waals surface area (Å²) in [5, 5.41) is 14.1. The number of hydrogen-bond donors (Lipinski definition) is 5. The molecule has 4 amide bonds. The van der Waals surface area contributed by atoms with Gasteiger partial charge in [0, 0.05) is 65.9 Å². The molecule has 0 radical (unpaired) electrons. The van der Waals surface area contributed by atoms with Gasteiger partial charge in [0.05, 0.1) is 16.9 Å². The highest BCUT2D eigenvalue weighted by Gasteiger charge is 2.33. The van der Waals surface area contributed by atoms with Gasteiger partial charge in [0.25, 0.3) is 23.6 Å². The highest BCUT2D eigenvalue weighted by atomic mass is 32.1. The maximum Gasteiger partial charge on any atom is 0.262 e. The number of anilines is 2. The van der Waals surface area contributed by atoms with Crippen molar-refractivity contribution in [1.82, 2.24) is 20.5 Å². The Morgan fingerprint density at radius 1 is 0.906 bits per heavy atom. The van der Waals surface area contributed by atoms with E-state index in [1.54, 1.807) is 65.9 Å². The van der Waals surface area contributed by atoms with E-state index in [-0.39, 0.29) is 42.3 Å². The van der Waals surface area contributed by atoms with Crippen LogP contribution in [0.2, 0.25) is 0 Å². The molecule has 12 nitrogen and oxygen atoms in total. The van der Waals surface area contributed by atoms with Gasteiger partial charge in [0.15, 0.2) is 6.61 Å². The molecule has 6 rings (SSSR count). The molecule has 53 heavy (non-hydrogen) atoms. The largest absolute Gasteiger partial charge is 0.482 e. The second-order valence-electron chi connectivity index (χ2n) is 13.6. The number of nitrogens with one attached hydrogen (secondary N) is 4. The zero-order valence-corrected chi connectivity index (χ0v) is 30.6. The predicted molar refractivity (Wildman–Crippen MR) is 206 cm³/mol. The van der Waals surface area contributed by atoms with Gasteiger partial charge in [-0.2, -0.15) is 0 Å². The molecular formula is C40H47N7O5S. The number of ether oxygens (including phenoxy) is 1. The minimum atomic E-state index is -0.268. The quantitative estimate of drug-likeness (QED) is 0.0801. The van der Waals surface area contributed by atoms with Crippen LogP contribution in [0.5, 0.6) is 5.75 Å². The molecule has 2 aliphatic rings. The first-order valence-electron chi connectivity index (χ1n) is 18.3. The number of nitrogens with zero attached hydrogens (tertiary/aromatic N) is 2. The molecule has 6 N–H and O–H groups in total. The number of unbranched alkanes of at least 4 members (excludes halogenated alkanes) is 4. The molecule has 0 spiro atoms. The summed E-state index contributed by atoms with van der Waals surface area (Å²) in [5.41, 5.74) is 12.6.